The lowest BCUT2D eigenvalue weighted by atomic mass is 9.91. The molecule has 5 nitrogen and oxygen atoms in total. The van der Waals surface area contributed by atoms with E-state index < -0.39 is 17.3 Å². The number of amides is 1. The van der Waals surface area contributed by atoms with Crippen molar-refractivity contribution in [3.05, 3.63) is 76.5 Å². The van der Waals surface area contributed by atoms with Gasteiger partial charge < -0.3 is 5.32 Å². The number of halogens is 1. The molecule has 1 amide bonds. The third-order valence-corrected chi connectivity index (χ3v) is 4.60. The summed E-state index contributed by atoms with van der Waals surface area (Å²) in [6, 6.07) is 7.38. The van der Waals surface area contributed by atoms with E-state index in [0.29, 0.717) is 16.9 Å². The van der Waals surface area contributed by atoms with Gasteiger partial charge >= 0.3 is 0 Å². The molecule has 0 saturated heterocycles. The summed E-state index contributed by atoms with van der Waals surface area (Å²) in [5.74, 6) is -0.822. The quantitative estimate of drug-likeness (QED) is 0.785. The zero-order valence-corrected chi connectivity index (χ0v) is 15.0. The number of hydrogen-bond acceptors (Lipinski definition) is 4. The smallest absolute Gasteiger partial charge is 0.274 e. The first-order valence-electron chi connectivity index (χ1n) is 7.77. The largest absolute Gasteiger partial charge is 0.321 e. The number of thioether (sulfide) groups is 1. The summed E-state index contributed by atoms with van der Waals surface area (Å²) in [7, 11) is 0. The Labute approximate surface area is 154 Å². The second-order valence-electron chi connectivity index (χ2n) is 5.86. The predicted molar refractivity (Wildman–Crippen MR) is 102 cm³/mol. The third-order valence-electron chi connectivity index (χ3n) is 3.90. The molecule has 0 unspecified atom stereocenters. The van der Waals surface area contributed by atoms with E-state index in [1.807, 2.05) is 25.3 Å². The zero-order valence-electron chi connectivity index (χ0n) is 14.2. The van der Waals surface area contributed by atoms with Crippen LogP contribution in [0.15, 0.2) is 53.0 Å². The van der Waals surface area contributed by atoms with Crippen LogP contribution in [0.4, 0.5) is 15.8 Å². The van der Waals surface area contributed by atoms with Gasteiger partial charge in [-0.15, -0.1) is 0 Å². The molecule has 7 heteroatoms. The van der Waals surface area contributed by atoms with Gasteiger partial charge in [0.15, 0.2) is 0 Å². The van der Waals surface area contributed by atoms with E-state index in [4.69, 9.17) is 6.57 Å². The fourth-order valence-corrected chi connectivity index (χ4v) is 3.35. The van der Waals surface area contributed by atoms with E-state index in [2.05, 4.69) is 20.1 Å². The van der Waals surface area contributed by atoms with Crippen LogP contribution in [0.25, 0.3) is 4.85 Å². The van der Waals surface area contributed by atoms with Gasteiger partial charge in [-0.1, -0.05) is 17.8 Å². The lowest BCUT2D eigenvalue weighted by Gasteiger charge is -2.26. The molecule has 2 aromatic rings. The second kappa shape index (κ2) is 7.10. The minimum atomic E-state index is -0.824. The molecule has 0 aliphatic carbocycles. The third kappa shape index (κ3) is 3.65. The summed E-state index contributed by atoms with van der Waals surface area (Å²) in [5.41, 5.74) is 0.534. The highest BCUT2D eigenvalue weighted by molar-refractivity contribution is 8.16. The standard InChI is InChI=1S/C19H15FN4OS/c1-12-24-19(2,8-9-26-12)15-10-13(4-6-16(15)20)23-18(25)17-7-5-14(21-3)11-22-17/h4-11H,1-2H3,(H,23,25)/t19-/m0/s1. The number of nitrogens with one attached hydrogen (secondary N) is 1. The molecule has 130 valence electrons. The van der Waals surface area contributed by atoms with Crippen LogP contribution in [0.3, 0.4) is 0 Å². The average molecular weight is 366 g/mol. The summed E-state index contributed by atoms with van der Waals surface area (Å²) >= 11 is 1.48. The van der Waals surface area contributed by atoms with Crippen molar-refractivity contribution >= 4 is 34.1 Å². The van der Waals surface area contributed by atoms with Crippen molar-refractivity contribution in [2.24, 2.45) is 4.99 Å². The summed E-state index contributed by atoms with van der Waals surface area (Å²) in [4.78, 5) is 24.1. The molecule has 0 saturated carbocycles. The minimum absolute atomic E-state index is 0.178. The lowest BCUT2D eigenvalue weighted by Crippen LogP contribution is -2.22. The Morgan fingerprint density at radius 3 is 2.81 bits per heavy atom. The molecule has 1 aromatic carbocycles. The first-order valence-corrected chi connectivity index (χ1v) is 8.65. The average Bonchev–Trinajstić information content (AvgIpc) is 2.63. The highest BCUT2D eigenvalue weighted by Gasteiger charge is 2.28. The van der Waals surface area contributed by atoms with Crippen LogP contribution < -0.4 is 5.32 Å². The number of hydrogen-bond donors (Lipinski definition) is 1. The fraction of sp³-hybridized carbons (Fsp3) is 0.158. The molecule has 1 N–H and O–H groups in total. The van der Waals surface area contributed by atoms with Crippen LogP contribution in [-0.2, 0) is 5.54 Å². The molecule has 3 rings (SSSR count). The second-order valence-corrected chi connectivity index (χ2v) is 6.96. The molecule has 0 bridgehead atoms. The summed E-state index contributed by atoms with van der Waals surface area (Å²) in [5, 5.41) is 5.43. The first-order chi connectivity index (χ1) is 12.4. The number of benzene rings is 1. The van der Waals surface area contributed by atoms with Crippen molar-refractivity contribution in [1.29, 1.82) is 0 Å². The number of nitrogens with zero attached hydrogens (tertiary/aromatic N) is 3. The SMILES string of the molecule is [C-]#[N+]c1ccc(C(=O)Nc2ccc(F)c([C@]3(C)C=CSC(C)=N3)c2)nc1. The van der Waals surface area contributed by atoms with E-state index in [1.165, 1.54) is 42.2 Å². The molecule has 0 spiro atoms. The van der Waals surface area contributed by atoms with Gasteiger partial charge in [-0.2, -0.15) is 0 Å². The Kier molecular flexibility index (Phi) is 4.87. The van der Waals surface area contributed by atoms with Crippen LogP contribution in [0.5, 0.6) is 0 Å². The van der Waals surface area contributed by atoms with Gasteiger partial charge in [0.25, 0.3) is 5.91 Å². The highest BCUT2D eigenvalue weighted by atomic mass is 32.2. The van der Waals surface area contributed by atoms with Gasteiger partial charge in [0.2, 0.25) is 5.69 Å². The Balaban J connectivity index is 1.88. The first kappa shape index (κ1) is 17.8. The van der Waals surface area contributed by atoms with Crippen LogP contribution >= 0.6 is 11.8 Å². The van der Waals surface area contributed by atoms with Gasteiger partial charge in [-0.25, -0.2) is 9.24 Å². The predicted octanol–water partition coefficient (Wildman–Crippen LogP) is 4.92. The Morgan fingerprint density at radius 2 is 2.15 bits per heavy atom. The number of rotatable bonds is 3. The van der Waals surface area contributed by atoms with Gasteiger partial charge in [-0.3, -0.25) is 14.8 Å². The van der Waals surface area contributed by atoms with Gasteiger partial charge in [0.1, 0.15) is 17.1 Å². The summed E-state index contributed by atoms with van der Waals surface area (Å²) in [6.45, 7) is 10.6. The van der Waals surface area contributed by atoms with Gasteiger partial charge in [0.05, 0.1) is 11.6 Å². The molecule has 1 aliphatic rings. The molecular weight excluding hydrogens is 351 g/mol. The van der Waals surface area contributed by atoms with Crippen molar-refractivity contribution in [2.75, 3.05) is 5.32 Å². The Morgan fingerprint density at radius 1 is 1.35 bits per heavy atom. The maximum Gasteiger partial charge on any atom is 0.274 e. The van der Waals surface area contributed by atoms with E-state index >= 15 is 0 Å². The molecule has 1 aliphatic heterocycles. The van der Waals surface area contributed by atoms with E-state index in [1.54, 1.807) is 6.07 Å². The topological polar surface area (TPSA) is 58.7 Å². The molecule has 0 radical (unpaired) electrons. The monoisotopic (exact) mass is 366 g/mol. The molecule has 1 atom stereocenters. The summed E-state index contributed by atoms with van der Waals surface area (Å²) < 4.78 is 14.4. The number of pyridine rings is 1. The lowest BCUT2D eigenvalue weighted by molar-refractivity contribution is 0.102. The normalized spacial score (nSPS) is 18.8. The number of aromatic nitrogens is 1. The number of carbonyl (C=O) groups excluding carboxylic acids is 1. The van der Waals surface area contributed by atoms with Crippen LogP contribution in [0, 0.1) is 12.4 Å². The maximum absolute atomic E-state index is 14.4. The number of anilines is 1. The Hall–Kier alpha value is -2.98. The minimum Gasteiger partial charge on any atom is -0.321 e. The molecule has 0 fully saturated rings. The van der Waals surface area contributed by atoms with Crippen molar-refractivity contribution in [3.8, 4) is 0 Å². The van der Waals surface area contributed by atoms with Gasteiger partial charge in [-0.05, 0) is 49.6 Å². The van der Waals surface area contributed by atoms with E-state index in [9.17, 15) is 9.18 Å². The van der Waals surface area contributed by atoms with Gasteiger partial charge in [0, 0.05) is 17.4 Å². The van der Waals surface area contributed by atoms with E-state index in [-0.39, 0.29) is 5.69 Å². The van der Waals surface area contributed by atoms with Crippen molar-refractivity contribution in [1.82, 2.24) is 4.98 Å². The zero-order chi connectivity index (χ0) is 18.7. The van der Waals surface area contributed by atoms with Crippen LogP contribution in [0.1, 0.15) is 29.9 Å². The maximum atomic E-state index is 14.4. The fourth-order valence-electron chi connectivity index (χ4n) is 2.58. The molecule has 2 heterocycles. The van der Waals surface area contributed by atoms with Crippen LogP contribution in [-0.4, -0.2) is 15.9 Å². The number of aliphatic imine (C=N–C) groups is 1. The molecular formula is C19H15FN4OS. The van der Waals surface area contributed by atoms with Crippen molar-refractivity contribution in [3.63, 3.8) is 0 Å². The highest BCUT2D eigenvalue weighted by Crippen LogP contribution is 2.36. The number of carbonyl (C=O) groups is 1. The Bertz CT molecular complexity index is 962. The molecule has 1 aromatic heterocycles. The van der Waals surface area contributed by atoms with Crippen LogP contribution in [0.2, 0.25) is 0 Å². The van der Waals surface area contributed by atoms with Crippen molar-refractivity contribution in [2.45, 2.75) is 19.4 Å². The summed E-state index contributed by atoms with van der Waals surface area (Å²) in [6.07, 6.45) is 3.17. The van der Waals surface area contributed by atoms with Crippen molar-refractivity contribution < 1.29 is 9.18 Å². The molecule has 26 heavy (non-hydrogen) atoms. The van der Waals surface area contributed by atoms with E-state index in [0.717, 1.165) is 5.04 Å².